The zero-order valence-electron chi connectivity index (χ0n) is 17.1. The molecule has 3 N–H and O–H groups in total. The molecule has 0 aliphatic heterocycles. The Balaban J connectivity index is 2.13. The molecule has 0 saturated heterocycles. The number of methoxy groups -OCH3 is 1. The van der Waals surface area contributed by atoms with E-state index in [0.717, 1.165) is 0 Å². The van der Waals surface area contributed by atoms with Crippen LogP contribution in [0.1, 0.15) is 36.7 Å². The first kappa shape index (κ1) is 23.6. The lowest BCUT2D eigenvalue weighted by molar-refractivity contribution is -0.124. The van der Waals surface area contributed by atoms with Crippen molar-refractivity contribution in [1.82, 2.24) is 5.32 Å². The quantitative estimate of drug-likeness (QED) is 0.538. The lowest BCUT2D eigenvalue weighted by atomic mass is 10.1. The minimum absolute atomic E-state index is 0.114. The summed E-state index contributed by atoms with van der Waals surface area (Å²) >= 11 is 12.5. The van der Waals surface area contributed by atoms with Crippen molar-refractivity contribution in [3.8, 4) is 11.5 Å². The van der Waals surface area contributed by atoms with Crippen molar-refractivity contribution in [3.63, 3.8) is 0 Å². The number of benzene rings is 2. The predicted molar refractivity (Wildman–Crippen MR) is 117 cm³/mol. The highest BCUT2D eigenvalue weighted by atomic mass is 35.5. The SMILES string of the molecule is COc1cc(CNc2cc(C(=O)O)ccc2Cl)c(Cl)cc1OCC(=O)NC(C)(C)C. The molecule has 0 saturated carbocycles. The van der Waals surface area contributed by atoms with Gasteiger partial charge < -0.3 is 25.2 Å². The van der Waals surface area contributed by atoms with E-state index in [1.165, 1.54) is 25.3 Å². The molecule has 0 heterocycles. The van der Waals surface area contributed by atoms with Gasteiger partial charge in [-0.05, 0) is 50.6 Å². The van der Waals surface area contributed by atoms with Gasteiger partial charge in [-0.15, -0.1) is 0 Å². The molecule has 2 rings (SSSR count). The van der Waals surface area contributed by atoms with Crippen LogP contribution in [0.3, 0.4) is 0 Å². The zero-order valence-corrected chi connectivity index (χ0v) is 18.6. The van der Waals surface area contributed by atoms with Crippen LogP contribution in [0.5, 0.6) is 11.5 Å². The number of anilines is 1. The van der Waals surface area contributed by atoms with Crippen LogP contribution in [0.2, 0.25) is 10.0 Å². The highest BCUT2D eigenvalue weighted by molar-refractivity contribution is 6.33. The molecule has 2 aromatic carbocycles. The summed E-state index contributed by atoms with van der Waals surface area (Å²) in [6.07, 6.45) is 0. The van der Waals surface area contributed by atoms with Crippen molar-refractivity contribution in [3.05, 3.63) is 51.5 Å². The second-order valence-electron chi connectivity index (χ2n) is 7.53. The van der Waals surface area contributed by atoms with E-state index in [9.17, 15) is 9.59 Å². The Morgan fingerprint density at radius 2 is 1.77 bits per heavy atom. The third-order valence-electron chi connectivity index (χ3n) is 3.89. The Kier molecular flexibility index (Phi) is 7.81. The minimum Gasteiger partial charge on any atom is -0.493 e. The second kappa shape index (κ2) is 9.91. The molecule has 9 heteroatoms. The standard InChI is InChI=1S/C21H24Cl2N2O5/c1-21(2,3)25-19(26)11-30-18-9-15(23)13(8-17(18)29-4)10-24-16-7-12(20(27)28)5-6-14(16)22/h5-9,24H,10-11H2,1-4H3,(H,25,26)(H,27,28). The van der Waals surface area contributed by atoms with E-state index >= 15 is 0 Å². The third-order valence-corrected chi connectivity index (χ3v) is 4.57. The Morgan fingerprint density at radius 1 is 1.07 bits per heavy atom. The first-order chi connectivity index (χ1) is 14.0. The van der Waals surface area contributed by atoms with Gasteiger partial charge in [0, 0.05) is 23.2 Å². The van der Waals surface area contributed by atoms with Gasteiger partial charge in [-0.25, -0.2) is 4.79 Å². The molecule has 162 valence electrons. The predicted octanol–water partition coefficient (Wildman–Crippen LogP) is 4.61. The van der Waals surface area contributed by atoms with Crippen molar-refractivity contribution in [2.24, 2.45) is 0 Å². The minimum atomic E-state index is -1.05. The molecule has 0 aliphatic rings. The lowest BCUT2D eigenvalue weighted by Gasteiger charge is -2.21. The van der Waals surface area contributed by atoms with Gasteiger partial charge >= 0.3 is 5.97 Å². The lowest BCUT2D eigenvalue weighted by Crippen LogP contribution is -2.43. The maximum absolute atomic E-state index is 12.0. The maximum atomic E-state index is 12.0. The number of carbonyl (C=O) groups is 2. The van der Waals surface area contributed by atoms with Gasteiger partial charge in [-0.1, -0.05) is 23.2 Å². The second-order valence-corrected chi connectivity index (χ2v) is 8.35. The Hall–Kier alpha value is -2.64. The molecule has 0 bridgehead atoms. The maximum Gasteiger partial charge on any atom is 0.335 e. The van der Waals surface area contributed by atoms with Gasteiger partial charge in [-0.2, -0.15) is 0 Å². The van der Waals surface area contributed by atoms with Gasteiger partial charge in [0.15, 0.2) is 18.1 Å². The molecule has 1 amide bonds. The van der Waals surface area contributed by atoms with Crippen molar-refractivity contribution in [2.45, 2.75) is 32.9 Å². The summed E-state index contributed by atoms with van der Waals surface area (Å²) in [4.78, 5) is 23.1. The first-order valence-corrected chi connectivity index (χ1v) is 9.82. The van der Waals surface area contributed by atoms with E-state index in [0.29, 0.717) is 32.8 Å². The molecule has 0 spiro atoms. The monoisotopic (exact) mass is 454 g/mol. The number of aromatic carboxylic acids is 1. The smallest absolute Gasteiger partial charge is 0.335 e. The summed E-state index contributed by atoms with van der Waals surface area (Å²) in [5, 5.41) is 15.8. The van der Waals surface area contributed by atoms with Crippen molar-refractivity contribution >= 4 is 40.8 Å². The van der Waals surface area contributed by atoms with E-state index < -0.39 is 5.97 Å². The zero-order chi connectivity index (χ0) is 22.5. The number of rotatable bonds is 8. The van der Waals surface area contributed by atoms with Crippen LogP contribution in [-0.4, -0.2) is 36.2 Å². The number of carboxylic acids is 1. The highest BCUT2D eigenvalue weighted by Gasteiger charge is 2.16. The Bertz CT molecular complexity index is 942. The average Bonchev–Trinajstić information content (AvgIpc) is 2.65. The summed E-state index contributed by atoms with van der Waals surface area (Å²) in [5.41, 5.74) is 0.891. The molecule has 2 aromatic rings. The number of hydrogen-bond acceptors (Lipinski definition) is 5. The summed E-state index contributed by atoms with van der Waals surface area (Å²) in [5.74, 6) is -0.572. The number of nitrogens with one attached hydrogen (secondary N) is 2. The van der Waals surface area contributed by atoms with Crippen LogP contribution < -0.4 is 20.1 Å². The number of halogens is 2. The van der Waals surface area contributed by atoms with Crippen molar-refractivity contribution in [1.29, 1.82) is 0 Å². The van der Waals surface area contributed by atoms with Crippen molar-refractivity contribution < 1.29 is 24.2 Å². The molecule has 0 aromatic heterocycles. The van der Waals surface area contributed by atoms with Gasteiger partial charge in [0.25, 0.3) is 5.91 Å². The highest BCUT2D eigenvalue weighted by Crippen LogP contribution is 2.34. The van der Waals surface area contributed by atoms with Crippen LogP contribution in [0.4, 0.5) is 5.69 Å². The number of ether oxygens (including phenoxy) is 2. The molecular formula is C21H24Cl2N2O5. The van der Waals surface area contributed by atoms with Crippen LogP contribution in [0, 0.1) is 0 Å². The Morgan fingerprint density at radius 3 is 2.37 bits per heavy atom. The molecule has 30 heavy (non-hydrogen) atoms. The molecule has 0 atom stereocenters. The fraction of sp³-hybridized carbons (Fsp3) is 0.333. The number of hydrogen-bond donors (Lipinski definition) is 3. The van der Waals surface area contributed by atoms with Gasteiger partial charge in [0.05, 0.1) is 23.4 Å². The van der Waals surface area contributed by atoms with Crippen LogP contribution in [0.25, 0.3) is 0 Å². The molecule has 0 aliphatic carbocycles. The molecule has 7 nitrogen and oxygen atoms in total. The topological polar surface area (TPSA) is 96.9 Å². The fourth-order valence-corrected chi connectivity index (χ4v) is 2.97. The summed E-state index contributed by atoms with van der Waals surface area (Å²) in [6.45, 7) is 5.72. The van der Waals surface area contributed by atoms with Gasteiger partial charge in [0.1, 0.15) is 0 Å². The molecule has 0 fully saturated rings. The Labute approximate surface area is 185 Å². The van der Waals surface area contributed by atoms with Gasteiger partial charge in [-0.3, -0.25) is 4.79 Å². The summed E-state index contributed by atoms with van der Waals surface area (Å²) < 4.78 is 10.9. The number of carbonyl (C=O) groups excluding carboxylic acids is 1. The van der Waals surface area contributed by atoms with E-state index in [2.05, 4.69) is 10.6 Å². The average molecular weight is 455 g/mol. The third kappa shape index (κ3) is 6.71. The first-order valence-electron chi connectivity index (χ1n) is 9.07. The van der Waals surface area contributed by atoms with Gasteiger partial charge in [0.2, 0.25) is 0 Å². The fourth-order valence-electron chi connectivity index (χ4n) is 2.57. The van der Waals surface area contributed by atoms with E-state index in [1.54, 1.807) is 12.1 Å². The number of amides is 1. The summed E-state index contributed by atoms with van der Waals surface area (Å²) in [6, 6.07) is 7.63. The summed E-state index contributed by atoms with van der Waals surface area (Å²) in [7, 11) is 1.48. The van der Waals surface area contributed by atoms with Crippen LogP contribution in [-0.2, 0) is 11.3 Å². The normalized spacial score (nSPS) is 11.0. The van der Waals surface area contributed by atoms with E-state index in [1.807, 2.05) is 20.8 Å². The largest absolute Gasteiger partial charge is 0.493 e. The molecular weight excluding hydrogens is 431 g/mol. The molecule has 0 unspecified atom stereocenters. The van der Waals surface area contributed by atoms with Crippen molar-refractivity contribution in [2.75, 3.05) is 19.0 Å². The van der Waals surface area contributed by atoms with E-state index in [-0.39, 0.29) is 30.2 Å². The van der Waals surface area contributed by atoms with Crippen LogP contribution in [0.15, 0.2) is 30.3 Å². The van der Waals surface area contributed by atoms with E-state index in [4.69, 9.17) is 37.8 Å². The molecule has 0 radical (unpaired) electrons. The number of carboxylic acid groups (broad SMARTS) is 1. The van der Waals surface area contributed by atoms with Crippen LogP contribution >= 0.6 is 23.2 Å².